The lowest BCUT2D eigenvalue weighted by molar-refractivity contribution is -0.144. The third-order valence-electron chi connectivity index (χ3n) is 8.71. The number of piperazine rings is 1. The Labute approximate surface area is 294 Å². The second-order valence-corrected chi connectivity index (χ2v) is 14.5. The van der Waals surface area contributed by atoms with E-state index in [2.05, 4.69) is 25.6 Å². The second-order valence-electron chi connectivity index (χ2n) is 13.6. The lowest BCUT2D eigenvalue weighted by Crippen LogP contribution is -2.58. The molecule has 2 aliphatic rings. The Morgan fingerprint density at radius 2 is 1.72 bits per heavy atom. The first-order chi connectivity index (χ1) is 23.8. The summed E-state index contributed by atoms with van der Waals surface area (Å²) in [5.74, 6) is -1.53. The van der Waals surface area contributed by atoms with E-state index in [1.54, 1.807) is 16.8 Å². The highest BCUT2D eigenvalue weighted by Crippen LogP contribution is 2.28. The molecule has 0 aliphatic carbocycles. The number of hydrogen-bond donors (Lipinski definition) is 4. The van der Waals surface area contributed by atoms with E-state index in [0.29, 0.717) is 32.1 Å². The molecule has 2 fully saturated rings. The van der Waals surface area contributed by atoms with Gasteiger partial charge in [-0.05, 0) is 23.5 Å². The Balaban J connectivity index is 1.14. The van der Waals surface area contributed by atoms with Crippen LogP contribution in [0.15, 0.2) is 42.2 Å². The molecule has 4 heterocycles. The number of ether oxygens (including phenoxy) is 1. The number of amides is 3. The summed E-state index contributed by atoms with van der Waals surface area (Å²) in [4.78, 5) is 70.4. The van der Waals surface area contributed by atoms with E-state index >= 15 is 0 Å². The number of thiazole rings is 1. The molecule has 268 valence electrons. The third kappa shape index (κ3) is 9.31. The predicted molar refractivity (Wildman–Crippen MR) is 185 cm³/mol. The number of aliphatic hydroxyl groups excluding tert-OH is 1. The number of carbonyl (C=O) groups excluding carboxylic acids is 3. The minimum absolute atomic E-state index is 0.00796. The molecule has 1 aromatic carbocycles. The molecule has 0 spiro atoms. The van der Waals surface area contributed by atoms with Crippen LogP contribution in [0.4, 0.5) is 5.95 Å². The highest BCUT2D eigenvalue weighted by molar-refractivity contribution is 7.13. The zero-order valence-corrected chi connectivity index (χ0v) is 29.5. The zero-order chi connectivity index (χ0) is 36.0. The first-order valence-corrected chi connectivity index (χ1v) is 17.4. The molecule has 50 heavy (non-hydrogen) atoms. The van der Waals surface area contributed by atoms with Crippen LogP contribution in [0.2, 0.25) is 0 Å². The molecule has 2 saturated heterocycles. The van der Waals surface area contributed by atoms with Crippen LogP contribution in [0.25, 0.3) is 10.4 Å². The van der Waals surface area contributed by atoms with Crippen molar-refractivity contribution in [2.45, 2.75) is 58.8 Å². The number of nitrogens with zero attached hydrogens (tertiary/aromatic N) is 6. The number of carboxylic acid groups (broad SMARTS) is 1. The highest BCUT2D eigenvalue weighted by Gasteiger charge is 2.44. The second kappa shape index (κ2) is 15.9. The maximum Gasteiger partial charge on any atom is 0.317 e. The van der Waals surface area contributed by atoms with Crippen LogP contribution < -0.4 is 20.3 Å². The van der Waals surface area contributed by atoms with E-state index in [1.165, 1.54) is 17.3 Å². The molecule has 15 nitrogen and oxygen atoms in total. The van der Waals surface area contributed by atoms with E-state index in [-0.39, 0.29) is 37.7 Å². The summed E-state index contributed by atoms with van der Waals surface area (Å²) in [6.07, 6.45) is 2.12. The number of aryl methyl sites for hydroxylation is 1. The maximum absolute atomic E-state index is 13.9. The van der Waals surface area contributed by atoms with E-state index in [4.69, 9.17) is 9.84 Å². The van der Waals surface area contributed by atoms with Crippen molar-refractivity contribution < 1.29 is 34.1 Å². The van der Waals surface area contributed by atoms with Crippen LogP contribution in [0.3, 0.4) is 0 Å². The molecule has 2 aliphatic heterocycles. The van der Waals surface area contributed by atoms with Crippen molar-refractivity contribution in [2.75, 3.05) is 50.8 Å². The smallest absolute Gasteiger partial charge is 0.317 e. The fourth-order valence-corrected chi connectivity index (χ4v) is 6.79. The SMILES string of the molecule is Cc1ncsc1-c1ccc(CNC(=O)[C@@H]2C[C@@H](O)CN2C(=O)[C@@H](NC(=O)COc2cnc(N3CCN(CC(=O)O)CC3)nc2)C(C)(C)C)cc1. The third-order valence-corrected chi connectivity index (χ3v) is 9.69. The van der Waals surface area contributed by atoms with Crippen LogP contribution in [0.5, 0.6) is 5.75 Å². The largest absolute Gasteiger partial charge is 0.481 e. The van der Waals surface area contributed by atoms with Gasteiger partial charge in [0.15, 0.2) is 12.4 Å². The fraction of sp³-hybridized carbons (Fsp3) is 0.500. The number of β-amino-alcohol motifs (C(OH)–C–C–N with tert-alkyl or cyclic N) is 1. The summed E-state index contributed by atoms with van der Waals surface area (Å²) >= 11 is 1.57. The molecule has 3 amide bonds. The number of aromatic nitrogens is 3. The van der Waals surface area contributed by atoms with Gasteiger partial charge < -0.3 is 35.4 Å². The van der Waals surface area contributed by atoms with Gasteiger partial charge in [-0.25, -0.2) is 15.0 Å². The minimum Gasteiger partial charge on any atom is -0.481 e. The van der Waals surface area contributed by atoms with Gasteiger partial charge in [-0.15, -0.1) is 11.3 Å². The highest BCUT2D eigenvalue weighted by atomic mass is 32.1. The number of anilines is 1. The van der Waals surface area contributed by atoms with Crippen molar-refractivity contribution >= 4 is 41.0 Å². The first-order valence-electron chi connectivity index (χ1n) is 16.5. The molecule has 0 bridgehead atoms. The molecular formula is C34H44N8O7S. The summed E-state index contributed by atoms with van der Waals surface area (Å²) in [6.45, 7) is 9.51. The molecular weight excluding hydrogens is 664 g/mol. The van der Waals surface area contributed by atoms with Gasteiger partial charge in [-0.2, -0.15) is 0 Å². The Bertz CT molecular complexity index is 1650. The molecule has 2 aromatic heterocycles. The van der Waals surface area contributed by atoms with Crippen LogP contribution in [0.1, 0.15) is 38.4 Å². The van der Waals surface area contributed by atoms with E-state index in [1.807, 2.05) is 61.8 Å². The number of rotatable bonds is 12. The Morgan fingerprint density at radius 3 is 2.32 bits per heavy atom. The van der Waals surface area contributed by atoms with Gasteiger partial charge in [-0.1, -0.05) is 45.0 Å². The van der Waals surface area contributed by atoms with Crippen LogP contribution in [0, 0.1) is 12.3 Å². The van der Waals surface area contributed by atoms with Crippen LogP contribution in [-0.2, 0) is 25.7 Å². The molecule has 0 saturated carbocycles. The van der Waals surface area contributed by atoms with Gasteiger partial charge in [0.1, 0.15) is 12.1 Å². The standard InChI is InChI=1S/C34H44N8O7S/c1-21-29(50-20-38-21)23-7-5-22(6-8-23)14-35-31(47)26-13-24(43)17-42(26)32(48)30(34(2,3)4)39-27(44)19-49-25-15-36-33(37-16-25)41-11-9-40(10-12-41)18-28(45)46/h5-8,15-16,20,24,26,30,43H,9-14,17-19H2,1-4H3,(H,35,47)(H,39,44)(H,45,46)/t24-,26+,30-/m1/s1. The van der Waals surface area contributed by atoms with E-state index in [9.17, 15) is 24.3 Å². The van der Waals surface area contributed by atoms with Crippen molar-refractivity contribution in [1.82, 2.24) is 35.4 Å². The maximum atomic E-state index is 13.9. The van der Waals surface area contributed by atoms with Crippen molar-refractivity contribution in [3.8, 4) is 16.2 Å². The number of carboxylic acids is 1. The Kier molecular flexibility index (Phi) is 11.6. The molecule has 3 atom stereocenters. The van der Waals surface area contributed by atoms with Crippen molar-refractivity contribution in [3.05, 3.63) is 53.4 Å². The van der Waals surface area contributed by atoms with Crippen LogP contribution in [-0.4, -0.2) is 123 Å². The van der Waals surface area contributed by atoms with Crippen LogP contribution >= 0.6 is 11.3 Å². The monoisotopic (exact) mass is 708 g/mol. The lowest BCUT2D eigenvalue weighted by Gasteiger charge is -2.35. The predicted octanol–water partition coefficient (Wildman–Crippen LogP) is 1.30. The quantitative estimate of drug-likeness (QED) is 0.211. The molecule has 16 heteroatoms. The number of benzene rings is 1. The van der Waals surface area contributed by atoms with E-state index < -0.39 is 48.0 Å². The van der Waals surface area contributed by atoms with Crippen molar-refractivity contribution in [1.29, 1.82) is 0 Å². The Hall–Kier alpha value is -4.67. The number of aliphatic hydroxyl groups is 1. The average molecular weight is 709 g/mol. The summed E-state index contributed by atoms with van der Waals surface area (Å²) in [5, 5.41) is 25.2. The van der Waals surface area contributed by atoms with Crippen molar-refractivity contribution in [3.63, 3.8) is 0 Å². The molecule has 0 unspecified atom stereocenters. The summed E-state index contributed by atoms with van der Waals surface area (Å²) < 4.78 is 5.61. The zero-order valence-electron chi connectivity index (χ0n) is 28.7. The van der Waals surface area contributed by atoms with Gasteiger partial charge in [0.25, 0.3) is 5.91 Å². The summed E-state index contributed by atoms with van der Waals surface area (Å²) in [6, 6.07) is 5.93. The fourth-order valence-electron chi connectivity index (χ4n) is 5.98. The number of aliphatic carboxylic acids is 1. The number of likely N-dealkylation sites (tertiary alicyclic amines) is 1. The van der Waals surface area contributed by atoms with Gasteiger partial charge in [0, 0.05) is 45.7 Å². The van der Waals surface area contributed by atoms with Gasteiger partial charge in [0.05, 0.1) is 41.1 Å². The first kappa shape index (κ1) is 36.6. The number of nitrogens with one attached hydrogen (secondary N) is 2. The molecule has 3 aromatic rings. The van der Waals surface area contributed by atoms with Gasteiger partial charge >= 0.3 is 5.97 Å². The van der Waals surface area contributed by atoms with Crippen molar-refractivity contribution in [2.24, 2.45) is 5.41 Å². The van der Waals surface area contributed by atoms with E-state index in [0.717, 1.165) is 21.7 Å². The summed E-state index contributed by atoms with van der Waals surface area (Å²) in [7, 11) is 0. The van der Waals surface area contributed by atoms with Gasteiger partial charge in [-0.3, -0.25) is 24.1 Å². The Morgan fingerprint density at radius 1 is 1.04 bits per heavy atom. The number of hydrogen-bond acceptors (Lipinski definition) is 12. The molecule has 4 N–H and O–H groups in total. The minimum atomic E-state index is -1.000. The lowest BCUT2D eigenvalue weighted by atomic mass is 9.85. The average Bonchev–Trinajstić information content (AvgIpc) is 3.70. The van der Waals surface area contributed by atoms with Gasteiger partial charge in [0.2, 0.25) is 17.8 Å². The normalized spacial score (nSPS) is 18.8. The topological polar surface area (TPSA) is 190 Å². The molecule has 5 rings (SSSR count). The number of carbonyl (C=O) groups is 4. The molecule has 0 radical (unpaired) electrons. The summed E-state index contributed by atoms with van der Waals surface area (Å²) in [5.41, 5.74) is 3.97.